The molecule has 1 rings (SSSR count). The van der Waals surface area contributed by atoms with Crippen molar-refractivity contribution in [3.05, 3.63) is 35.4 Å². The summed E-state index contributed by atoms with van der Waals surface area (Å²) in [6, 6.07) is 6.84. The van der Waals surface area contributed by atoms with Gasteiger partial charge in [0, 0.05) is 0 Å². The fourth-order valence-electron chi connectivity index (χ4n) is 2.90. The summed E-state index contributed by atoms with van der Waals surface area (Å²) in [6.07, 6.45) is 13.1. The first-order valence-electron chi connectivity index (χ1n) is 9.31. The molecule has 0 amide bonds. The van der Waals surface area contributed by atoms with Crippen molar-refractivity contribution < 1.29 is 23.7 Å². The predicted octanol–water partition coefficient (Wildman–Crippen LogP) is 5.40. The molecule has 6 heteroatoms. The van der Waals surface area contributed by atoms with Crippen molar-refractivity contribution in [2.24, 2.45) is 0 Å². The van der Waals surface area contributed by atoms with Gasteiger partial charge in [-0.15, -0.1) is 0 Å². The van der Waals surface area contributed by atoms with Gasteiger partial charge in [-0.1, -0.05) is 82.9 Å². The van der Waals surface area contributed by atoms with Crippen molar-refractivity contribution in [3.8, 4) is 0 Å². The van der Waals surface area contributed by atoms with E-state index in [4.69, 9.17) is 9.79 Å². The van der Waals surface area contributed by atoms with E-state index in [9.17, 15) is 9.36 Å². The lowest BCUT2D eigenvalue weighted by Crippen LogP contribution is -2.07. The maximum absolute atomic E-state index is 11.8. The van der Waals surface area contributed by atoms with Crippen molar-refractivity contribution in [1.82, 2.24) is 0 Å². The summed E-state index contributed by atoms with van der Waals surface area (Å²) in [5, 5.41) is 0. The van der Waals surface area contributed by atoms with Crippen LogP contribution in [0, 0.1) is 0 Å². The van der Waals surface area contributed by atoms with E-state index < -0.39 is 13.8 Å². The molecule has 0 atom stereocenters. The second kappa shape index (κ2) is 12.2. The first-order chi connectivity index (χ1) is 11.9. The Bertz CT molecular complexity index is 553. The molecule has 0 spiro atoms. The molecule has 1 aromatic rings. The Morgan fingerprint density at radius 1 is 0.920 bits per heavy atom. The first kappa shape index (κ1) is 21.9. The summed E-state index contributed by atoms with van der Waals surface area (Å²) in [4.78, 5) is 29.4. The average Bonchev–Trinajstić information content (AvgIpc) is 2.55. The molecule has 142 valence electrons. The van der Waals surface area contributed by atoms with Gasteiger partial charge in [-0.25, -0.2) is 9.36 Å². The molecular formula is C19H31O5P. The van der Waals surface area contributed by atoms with Gasteiger partial charge in [-0.05, 0) is 24.5 Å². The van der Waals surface area contributed by atoms with Crippen LogP contribution in [0.5, 0.6) is 0 Å². The van der Waals surface area contributed by atoms with Crippen LogP contribution in [0.2, 0.25) is 0 Å². The van der Waals surface area contributed by atoms with E-state index in [0.717, 1.165) is 18.4 Å². The number of unbranched alkanes of at least 4 members (excludes halogenated alkanes) is 9. The van der Waals surface area contributed by atoms with Crippen LogP contribution in [0.1, 0.15) is 87.1 Å². The first-order valence-corrected chi connectivity index (χ1v) is 10.8. The standard InChI is InChI=1S/C19H31O5P/c1-2-3-4-5-6-7-8-9-10-11-14-17-15-12-13-16-18(17)19(20)24-25(21,22)23/h12-13,15-16H,2-11,14H2,1H3,(H2,21,22,23). The van der Waals surface area contributed by atoms with Gasteiger partial charge >= 0.3 is 13.8 Å². The zero-order chi connectivity index (χ0) is 18.5. The number of carbonyl (C=O) groups excluding carboxylic acids is 1. The van der Waals surface area contributed by atoms with Gasteiger partial charge in [0.2, 0.25) is 0 Å². The zero-order valence-corrected chi connectivity index (χ0v) is 16.0. The molecule has 25 heavy (non-hydrogen) atoms. The Labute approximate surface area is 151 Å². The molecule has 0 radical (unpaired) electrons. The van der Waals surface area contributed by atoms with E-state index in [1.165, 1.54) is 51.4 Å². The number of carbonyl (C=O) groups is 1. The van der Waals surface area contributed by atoms with Crippen molar-refractivity contribution in [2.75, 3.05) is 0 Å². The molecule has 5 nitrogen and oxygen atoms in total. The van der Waals surface area contributed by atoms with E-state index in [0.29, 0.717) is 6.42 Å². The molecule has 1 aromatic carbocycles. The average molecular weight is 370 g/mol. The SMILES string of the molecule is CCCCCCCCCCCCc1ccccc1C(=O)OP(=O)(O)O. The number of hydrogen-bond donors (Lipinski definition) is 2. The van der Waals surface area contributed by atoms with Crippen molar-refractivity contribution >= 4 is 13.8 Å². The molecule has 0 fully saturated rings. The number of phosphoric ester groups is 1. The summed E-state index contributed by atoms with van der Waals surface area (Å²) in [5.41, 5.74) is 1.02. The zero-order valence-electron chi connectivity index (χ0n) is 15.2. The third-order valence-corrected chi connectivity index (χ3v) is 4.64. The highest BCUT2D eigenvalue weighted by Gasteiger charge is 2.23. The van der Waals surface area contributed by atoms with Gasteiger partial charge < -0.3 is 4.52 Å². The third-order valence-electron chi connectivity index (χ3n) is 4.24. The largest absolute Gasteiger partial charge is 0.527 e. The Morgan fingerprint density at radius 3 is 2.00 bits per heavy atom. The van der Waals surface area contributed by atoms with Crippen molar-refractivity contribution in [1.29, 1.82) is 0 Å². The molecule has 0 bridgehead atoms. The van der Waals surface area contributed by atoms with Gasteiger partial charge in [-0.2, -0.15) is 0 Å². The summed E-state index contributed by atoms with van der Waals surface area (Å²) >= 11 is 0. The number of benzene rings is 1. The summed E-state index contributed by atoms with van der Waals surface area (Å²) in [7, 11) is -4.81. The molecule has 0 unspecified atom stereocenters. The van der Waals surface area contributed by atoms with Gasteiger partial charge in [0.05, 0.1) is 5.56 Å². The second-order valence-electron chi connectivity index (χ2n) is 6.46. The van der Waals surface area contributed by atoms with Gasteiger partial charge in [-0.3, -0.25) is 9.79 Å². The molecule has 2 N–H and O–H groups in total. The monoisotopic (exact) mass is 370 g/mol. The fraction of sp³-hybridized carbons (Fsp3) is 0.632. The molecule has 0 heterocycles. The molecule has 0 saturated heterocycles. The van der Waals surface area contributed by atoms with E-state index in [1.807, 2.05) is 12.1 Å². The number of phosphoric acid groups is 1. The molecule has 0 aromatic heterocycles. The number of rotatable bonds is 13. The highest BCUT2D eigenvalue weighted by atomic mass is 31.2. The van der Waals surface area contributed by atoms with Crippen LogP contribution in [-0.4, -0.2) is 15.8 Å². The lowest BCUT2D eigenvalue weighted by Gasteiger charge is -2.10. The van der Waals surface area contributed by atoms with Gasteiger partial charge in [0.15, 0.2) is 0 Å². The Morgan fingerprint density at radius 2 is 1.44 bits per heavy atom. The van der Waals surface area contributed by atoms with Crippen LogP contribution < -0.4 is 0 Å². The van der Waals surface area contributed by atoms with E-state index in [-0.39, 0.29) is 5.56 Å². The van der Waals surface area contributed by atoms with Crippen molar-refractivity contribution in [2.45, 2.75) is 77.6 Å². The summed E-state index contributed by atoms with van der Waals surface area (Å²) in [6.45, 7) is 2.23. The van der Waals surface area contributed by atoms with Crippen LogP contribution >= 0.6 is 7.82 Å². The normalized spacial score (nSPS) is 11.5. The Hall–Kier alpha value is -1.16. The minimum Gasteiger partial charge on any atom is -0.367 e. The number of aryl methyl sites for hydroxylation is 1. The molecule has 0 saturated carbocycles. The lowest BCUT2D eigenvalue weighted by atomic mass is 10.00. The van der Waals surface area contributed by atoms with Gasteiger partial charge in [0.25, 0.3) is 0 Å². The molecular weight excluding hydrogens is 339 g/mol. The Kier molecular flexibility index (Phi) is 10.7. The highest BCUT2D eigenvalue weighted by Crippen LogP contribution is 2.37. The topological polar surface area (TPSA) is 83.8 Å². The lowest BCUT2D eigenvalue weighted by molar-refractivity contribution is 0.0676. The molecule has 0 aliphatic carbocycles. The van der Waals surface area contributed by atoms with Crippen LogP contribution in [0.15, 0.2) is 24.3 Å². The maximum atomic E-state index is 11.8. The van der Waals surface area contributed by atoms with Crippen LogP contribution in [0.4, 0.5) is 0 Å². The highest BCUT2D eigenvalue weighted by molar-refractivity contribution is 7.46. The quantitative estimate of drug-likeness (QED) is 0.359. The van der Waals surface area contributed by atoms with Crippen LogP contribution in [0.25, 0.3) is 0 Å². The van der Waals surface area contributed by atoms with Crippen LogP contribution in [0.3, 0.4) is 0 Å². The third kappa shape index (κ3) is 10.4. The van der Waals surface area contributed by atoms with E-state index in [2.05, 4.69) is 11.4 Å². The minimum atomic E-state index is -4.81. The summed E-state index contributed by atoms with van der Waals surface area (Å²) < 4.78 is 15.0. The number of hydrogen-bond acceptors (Lipinski definition) is 3. The Balaban J connectivity index is 2.27. The molecule has 0 aliphatic rings. The maximum Gasteiger partial charge on any atom is 0.527 e. The molecule has 0 aliphatic heterocycles. The van der Waals surface area contributed by atoms with Gasteiger partial charge in [0.1, 0.15) is 0 Å². The summed E-state index contributed by atoms with van der Waals surface area (Å²) in [5.74, 6) is -0.962. The fourth-order valence-corrected chi connectivity index (χ4v) is 3.21. The van der Waals surface area contributed by atoms with Crippen molar-refractivity contribution in [3.63, 3.8) is 0 Å². The second-order valence-corrected chi connectivity index (χ2v) is 7.62. The van der Waals surface area contributed by atoms with Crippen LogP contribution in [-0.2, 0) is 15.5 Å². The van der Waals surface area contributed by atoms with E-state index >= 15 is 0 Å². The predicted molar refractivity (Wildman–Crippen MR) is 99.4 cm³/mol. The minimum absolute atomic E-state index is 0.238. The van der Waals surface area contributed by atoms with E-state index in [1.54, 1.807) is 12.1 Å². The smallest absolute Gasteiger partial charge is 0.367 e.